The van der Waals surface area contributed by atoms with E-state index in [4.69, 9.17) is 19.2 Å². The Morgan fingerprint density at radius 1 is 1.27 bits per heavy atom. The highest BCUT2D eigenvalue weighted by Crippen LogP contribution is 2.36. The molecular formula is C25H29N2O3. The highest BCUT2D eigenvalue weighted by atomic mass is 16.5. The van der Waals surface area contributed by atoms with Gasteiger partial charge in [-0.1, -0.05) is 49.0 Å². The van der Waals surface area contributed by atoms with Crippen LogP contribution in [-0.4, -0.2) is 43.2 Å². The van der Waals surface area contributed by atoms with E-state index in [0.717, 1.165) is 31.2 Å². The number of hydrogen-bond donors (Lipinski definition) is 0. The van der Waals surface area contributed by atoms with Crippen LogP contribution < -0.4 is 0 Å². The van der Waals surface area contributed by atoms with Crippen LogP contribution in [0.4, 0.5) is 0 Å². The van der Waals surface area contributed by atoms with Crippen molar-refractivity contribution in [2.24, 2.45) is 9.98 Å². The summed E-state index contributed by atoms with van der Waals surface area (Å²) in [5, 5.41) is 2.50. The molecule has 0 saturated heterocycles. The van der Waals surface area contributed by atoms with Crippen LogP contribution in [0.2, 0.25) is 0 Å². The zero-order chi connectivity index (χ0) is 21.0. The van der Waals surface area contributed by atoms with E-state index < -0.39 is 5.54 Å². The molecular weight excluding hydrogens is 376 g/mol. The molecule has 0 fully saturated rings. The lowest BCUT2D eigenvalue weighted by Crippen LogP contribution is -2.39. The van der Waals surface area contributed by atoms with Gasteiger partial charge in [-0.15, -0.1) is 0 Å². The number of rotatable bonds is 9. The summed E-state index contributed by atoms with van der Waals surface area (Å²) >= 11 is 0. The smallest absolute Gasteiger partial charge is 0.191 e. The Kier molecular flexibility index (Phi) is 6.07. The second kappa shape index (κ2) is 8.90. The van der Waals surface area contributed by atoms with Crippen LogP contribution in [0.5, 0.6) is 0 Å². The van der Waals surface area contributed by atoms with Crippen molar-refractivity contribution in [1.29, 1.82) is 0 Å². The van der Waals surface area contributed by atoms with Gasteiger partial charge in [0.25, 0.3) is 0 Å². The molecule has 2 aromatic rings. The van der Waals surface area contributed by atoms with Crippen LogP contribution in [0.1, 0.15) is 32.3 Å². The molecule has 2 unspecified atom stereocenters. The van der Waals surface area contributed by atoms with Crippen molar-refractivity contribution in [2.45, 2.75) is 44.8 Å². The summed E-state index contributed by atoms with van der Waals surface area (Å²) in [6.45, 7) is 9.77. The van der Waals surface area contributed by atoms with Gasteiger partial charge >= 0.3 is 0 Å². The number of fused-ring (bicyclic) bond motifs is 1. The van der Waals surface area contributed by atoms with Gasteiger partial charge in [-0.05, 0) is 36.6 Å². The van der Waals surface area contributed by atoms with E-state index in [0.29, 0.717) is 25.5 Å². The number of nitrogens with zero attached hydrogens (tertiary/aromatic N) is 2. The molecule has 5 heteroatoms. The molecule has 0 bridgehead atoms. The summed E-state index contributed by atoms with van der Waals surface area (Å²) in [4.78, 5) is 9.57. The van der Waals surface area contributed by atoms with Crippen molar-refractivity contribution < 1.29 is 14.2 Å². The van der Waals surface area contributed by atoms with Crippen molar-refractivity contribution in [3.8, 4) is 0 Å². The minimum absolute atomic E-state index is 0.126. The lowest BCUT2D eigenvalue weighted by Gasteiger charge is -2.28. The molecule has 4 rings (SSSR count). The summed E-state index contributed by atoms with van der Waals surface area (Å²) in [6, 6.07) is 14.9. The minimum atomic E-state index is -0.408. The molecule has 0 aromatic heterocycles. The van der Waals surface area contributed by atoms with Gasteiger partial charge in [0.15, 0.2) is 11.8 Å². The monoisotopic (exact) mass is 405 g/mol. The highest BCUT2D eigenvalue weighted by molar-refractivity contribution is 5.92. The van der Waals surface area contributed by atoms with Crippen LogP contribution in [0.25, 0.3) is 10.8 Å². The Labute approximate surface area is 178 Å². The van der Waals surface area contributed by atoms with Crippen molar-refractivity contribution >= 4 is 22.6 Å². The molecule has 0 saturated carbocycles. The van der Waals surface area contributed by atoms with E-state index in [9.17, 15) is 0 Å². The van der Waals surface area contributed by atoms with Gasteiger partial charge in [-0.3, -0.25) is 4.99 Å². The number of aliphatic imine (C=N–C) groups is 2. The fraction of sp³-hybridized carbons (Fsp3) is 0.400. The summed E-state index contributed by atoms with van der Waals surface area (Å²) in [5.41, 5.74) is 0.866. The van der Waals surface area contributed by atoms with Crippen molar-refractivity contribution in [3.63, 3.8) is 0 Å². The normalized spacial score (nSPS) is 23.1. The first kappa shape index (κ1) is 20.5. The first-order valence-corrected chi connectivity index (χ1v) is 10.5. The van der Waals surface area contributed by atoms with Crippen LogP contribution in [0.3, 0.4) is 0 Å². The van der Waals surface area contributed by atoms with Gasteiger partial charge in [0.05, 0.1) is 31.8 Å². The van der Waals surface area contributed by atoms with E-state index in [2.05, 4.69) is 67.9 Å². The predicted molar refractivity (Wildman–Crippen MR) is 121 cm³/mol. The molecule has 2 aliphatic heterocycles. The van der Waals surface area contributed by atoms with Crippen LogP contribution in [0, 0.1) is 5.92 Å². The maximum absolute atomic E-state index is 6.39. The SMILES string of the molecule is C=COCC[C](C)C1=NC(C)(Cc2cccc3ccccc23)C(CC2=NCCO2)O1. The minimum Gasteiger partial charge on any atom is -0.502 e. The Balaban J connectivity index is 1.61. The molecule has 30 heavy (non-hydrogen) atoms. The number of hydrogen-bond acceptors (Lipinski definition) is 5. The van der Waals surface area contributed by atoms with Crippen molar-refractivity contribution in [1.82, 2.24) is 0 Å². The molecule has 157 valence electrons. The van der Waals surface area contributed by atoms with Crippen molar-refractivity contribution in [3.05, 3.63) is 66.8 Å². The fourth-order valence-electron chi connectivity index (χ4n) is 4.10. The van der Waals surface area contributed by atoms with E-state index in [-0.39, 0.29) is 6.10 Å². The molecule has 5 nitrogen and oxygen atoms in total. The van der Waals surface area contributed by atoms with Crippen molar-refractivity contribution in [2.75, 3.05) is 19.8 Å². The first-order chi connectivity index (χ1) is 14.6. The van der Waals surface area contributed by atoms with E-state index in [1.807, 2.05) is 0 Å². The Hall–Kier alpha value is -2.82. The van der Waals surface area contributed by atoms with Gasteiger partial charge in [0.2, 0.25) is 0 Å². The second-order valence-electron chi connectivity index (χ2n) is 8.09. The standard InChI is InChI=1S/C25H29N2O3/c1-4-28-14-12-18(2)24-27-25(3,22(30-24)16-23-26-13-15-29-23)17-20-10-7-9-19-8-5-6-11-21(19)20/h4-11,22H,1,12-17H2,2-3H3. The maximum atomic E-state index is 6.39. The average Bonchev–Trinajstić information content (AvgIpc) is 3.37. The van der Waals surface area contributed by atoms with Gasteiger partial charge in [0.1, 0.15) is 18.2 Å². The largest absolute Gasteiger partial charge is 0.502 e. The molecule has 0 amide bonds. The first-order valence-electron chi connectivity index (χ1n) is 10.5. The Morgan fingerprint density at radius 3 is 2.90 bits per heavy atom. The third kappa shape index (κ3) is 4.35. The van der Waals surface area contributed by atoms with Crippen LogP contribution >= 0.6 is 0 Å². The predicted octanol–water partition coefficient (Wildman–Crippen LogP) is 4.90. The Morgan fingerprint density at radius 2 is 2.10 bits per heavy atom. The van der Waals surface area contributed by atoms with Gasteiger partial charge in [-0.25, -0.2) is 4.99 Å². The molecule has 1 radical (unpaired) electrons. The molecule has 0 N–H and O–H groups in total. The molecule has 2 heterocycles. The fourth-order valence-corrected chi connectivity index (χ4v) is 4.10. The summed E-state index contributed by atoms with van der Waals surface area (Å²) in [7, 11) is 0. The van der Waals surface area contributed by atoms with Crippen LogP contribution in [0.15, 0.2) is 65.3 Å². The van der Waals surface area contributed by atoms with E-state index in [1.54, 1.807) is 0 Å². The summed E-state index contributed by atoms with van der Waals surface area (Å²) in [5.74, 6) is 2.57. The Bertz CT molecular complexity index is 963. The summed E-state index contributed by atoms with van der Waals surface area (Å²) in [6.07, 6.45) is 3.50. The maximum Gasteiger partial charge on any atom is 0.191 e. The lowest BCUT2D eigenvalue weighted by atomic mass is 9.85. The van der Waals surface area contributed by atoms with Gasteiger partial charge in [-0.2, -0.15) is 0 Å². The molecule has 0 aliphatic carbocycles. The number of ether oxygens (including phenoxy) is 3. The highest BCUT2D eigenvalue weighted by Gasteiger charge is 2.44. The quantitative estimate of drug-likeness (QED) is 0.440. The van der Waals surface area contributed by atoms with Gasteiger partial charge < -0.3 is 14.2 Å². The lowest BCUT2D eigenvalue weighted by molar-refractivity contribution is 0.142. The third-order valence-electron chi connectivity index (χ3n) is 5.82. The topological polar surface area (TPSA) is 52.4 Å². The average molecular weight is 406 g/mol. The molecule has 2 atom stereocenters. The number of benzene rings is 2. The summed E-state index contributed by atoms with van der Waals surface area (Å²) < 4.78 is 17.4. The van der Waals surface area contributed by atoms with Crippen LogP contribution in [-0.2, 0) is 20.6 Å². The second-order valence-corrected chi connectivity index (χ2v) is 8.09. The van der Waals surface area contributed by atoms with Gasteiger partial charge in [0, 0.05) is 6.42 Å². The van der Waals surface area contributed by atoms with E-state index >= 15 is 0 Å². The zero-order valence-electron chi connectivity index (χ0n) is 17.8. The molecule has 2 aliphatic rings. The zero-order valence-corrected chi connectivity index (χ0v) is 17.8. The molecule has 2 aromatic carbocycles. The van der Waals surface area contributed by atoms with E-state index in [1.165, 1.54) is 22.6 Å². The molecule has 0 spiro atoms. The third-order valence-corrected chi connectivity index (χ3v) is 5.82.